The number of hydrogen-bond donors (Lipinski definition) is 3. The smallest absolute Gasteiger partial charge is 0.407 e. The molecule has 276 valence electrons. The lowest BCUT2D eigenvalue weighted by Crippen LogP contribution is -2.58. The first kappa shape index (κ1) is 37.8. The molecule has 0 aromatic heterocycles. The number of morpholine rings is 1. The lowest BCUT2D eigenvalue weighted by Gasteiger charge is -2.40. The molecule has 3 aliphatic heterocycles. The molecule has 0 bridgehead atoms. The summed E-state index contributed by atoms with van der Waals surface area (Å²) >= 11 is 0. The first-order valence-electron chi connectivity index (χ1n) is 17.1. The zero-order valence-corrected chi connectivity index (χ0v) is 29.8. The molecular formula is C35H50N4O10S. The second-order valence-electron chi connectivity index (χ2n) is 13.8. The minimum absolute atomic E-state index is 0.00626. The summed E-state index contributed by atoms with van der Waals surface area (Å²) in [6, 6.07) is 13.4. The zero-order valence-electron chi connectivity index (χ0n) is 29.0. The van der Waals surface area contributed by atoms with Gasteiger partial charge in [0.25, 0.3) is 0 Å². The second kappa shape index (κ2) is 16.7. The molecule has 5 atom stereocenters. The van der Waals surface area contributed by atoms with Crippen molar-refractivity contribution in [2.24, 2.45) is 11.3 Å². The summed E-state index contributed by atoms with van der Waals surface area (Å²) in [5.41, 5.74) is 0.133. The lowest BCUT2D eigenvalue weighted by atomic mass is 9.89. The first-order valence-corrected chi connectivity index (χ1v) is 18.5. The summed E-state index contributed by atoms with van der Waals surface area (Å²) in [6.45, 7) is 6.23. The Hall–Kier alpha value is -3.47. The molecule has 0 unspecified atom stereocenters. The summed E-state index contributed by atoms with van der Waals surface area (Å²) in [6.07, 6.45) is -1.97. The van der Waals surface area contributed by atoms with Crippen LogP contribution in [-0.4, -0.2) is 136 Å². The van der Waals surface area contributed by atoms with Crippen molar-refractivity contribution in [3.8, 4) is 5.75 Å². The van der Waals surface area contributed by atoms with Gasteiger partial charge in [-0.05, 0) is 54.5 Å². The van der Waals surface area contributed by atoms with Crippen LogP contribution in [0.2, 0.25) is 0 Å². The fraction of sp³-hybridized carbons (Fsp3) is 0.600. The zero-order chi connectivity index (χ0) is 35.9. The SMILES string of the molecule is COc1ccc(S(=O)(=O)N(C[C@@H](O)[C@H](Cc2ccccc2)N(C(=O)O)[C@H]2CO[C@H]3OCC[C@H]32)CC(C)(C)CCNC(=O)N2CCOCC2)cc1. The Balaban J connectivity index is 1.41. The average molecular weight is 719 g/mol. The number of urea groups is 1. The van der Waals surface area contributed by atoms with Crippen molar-refractivity contribution < 1.29 is 47.2 Å². The Morgan fingerprint density at radius 2 is 1.76 bits per heavy atom. The van der Waals surface area contributed by atoms with E-state index < -0.39 is 46.0 Å². The van der Waals surface area contributed by atoms with Crippen LogP contribution in [0.1, 0.15) is 32.3 Å². The third kappa shape index (κ3) is 9.25. The quantitative estimate of drug-likeness (QED) is 0.249. The number of sulfonamides is 1. The number of fused-ring (bicyclic) bond motifs is 1. The highest BCUT2D eigenvalue weighted by Crippen LogP contribution is 2.36. The molecule has 3 aliphatic rings. The van der Waals surface area contributed by atoms with E-state index in [-0.39, 0.29) is 43.0 Å². The molecule has 0 aliphatic carbocycles. The van der Waals surface area contributed by atoms with Crippen molar-refractivity contribution in [1.29, 1.82) is 0 Å². The molecule has 14 nitrogen and oxygen atoms in total. The topological polar surface area (TPSA) is 167 Å². The number of carboxylic acid groups (broad SMARTS) is 1. The maximum atomic E-state index is 14.3. The van der Waals surface area contributed by atoms with Gasteiger partial charge in [0.1, 0.15) is 5.75 Å². The molecule has 5 rings (SSSR count). The van der Waals surface area contributed by atoms with Crippen LogP contribution < -0.4 is 10.1 Å². The number of ether oxygens (including phenoxy) is 4. The highest BCUT2D eigenvalue weighted by molar-refractivity contribution is 7.89. The van der Waals surface area contributed by atoms with Crippen LogP contribution in [0.3, 0.4) is 0 Å². The number of nitrogens with one attached hydrogen (secondary N) is 1. The number of carbonyl (C=O) groups excluding carboxylic acids is 1. The van der Waals surface area contributed by atoms with Gasteiger partial charge in [-0.1, -0.05) is 44.2 Å². The molecule has 3 fully saturated rings. The fourth-order valence-electron chi connectivity index (χ4n) is 6.95. The molecule has 2 aromatic rings. The van der Waals surface area contributed by atoms with Gasteiger partial charge in [-0.15, -0.1) is 0 Å². The molecule has 3 saturated heterocycles. The van der Waals surface area contributed by atoms with E-state index in [1.165, 1.54) is 28.4 Å². The second-order valence-corrected chi connectivity index (χ2v) is 15.8. The molecule has 2 aromatic carbocycles. The van der Waals surface area contributed by atoms with Gasteiger partial charge >= 0.3 is 12.1 Å². The molecule has 0 radical (unpaired) electrons. The normalized spacial score (nSPS) is 22.2. The van der Waals surface area contributed by atoms with Crippen LogP contribution >= 0.6 is 0 Å². The third-order valence-electron chi connectivity index (χ3n) is 9.74. The van der Waals surface area contributed by atoms with Gasteiger partial charge in [-0.25, -0.2) is 18.0 Å². The van der Waals surface area contributed by atoms with E-state index in [1.807, 2.05) is 44.2 Å². The van der Waals surface area contributed by atoms with Gasteiger partial charge in [0.2, 0.25) is 10.0 Å². The maximum absolute atomic E-state index is 14.3. The Morgan fingerprint density at radius 1 is 1.06 bits per heavy atom. The number of benzene rings is 2. The van der Waals surface area contributed by atoms with Gasteiger partial charge < -0.3 is 39.4 Å². The van der Waals surface area contributed by atoms with Crippen molar-refractivity contribution in [2.45, 2.75) is 62.5 Å². The van der Waals surface area contributed by atoms with Crippen LogP contribution in [0, 0.1) is 11.3 Å². The molecule has 3 heterocycles. The Kier molecular flexibility index (Phi) is 12.6. The minimum Gasteiger partial charge on any atom is -0.497 e. The predicted molar refractivity (Wildman–Crippen MR) is 183 cm³/mol. The summed E-state index contributed by atoms with van der Waals surface area (Å²) in [7, 11) is -2.71. The Labute approximate surface area is 294 Å². The van der Waals surface area contributed by atoms with E-state index in [1.54, 1.807) is 17.0 Å². The van der Waals surface area contributed by atoms with E-state index in [4.69, 9.17) is 18.9 Å². The van der Waals surface area contributed by atoms with Crippen LogP contribution in [0.5, 0.6) is 5.75 Å². The van der Waals surface area contributed by atoms with Gasteiger partial charge in [-0.2, -0.15) is 4.31 Å². The third-order valence-corrected chi connectivity index (χ3v) is 11.6. The average Bonchev–Trinajstić information content (AvgIpc) is 3.73. The largest absolute Gasteiger partial charge is 0.497 e. The lowest BCUT2D eigenvalue weighted by molar-refractivity contribution is -0.0906. The van der Waals surface area contributed by atoms with Gasteiger partial charge in [0, 0.05) is 38.6 Å². The van der Waals surface area contributed by atoms with Crippen LogP contribution in [0.15, 0.2) is 59.5 Å². The molecule has 15 heteroatoms. The van der Waals surface area contributed by atoms with Crippen LogP contribution in [0.25, 0.3) is 0 Å². The number of aliphatic hydroxyl groups is 1. The monoisotopic (exact) mass is 718 g/mol. The highest BCUT2D eigenvalue weighted by atomic mass is 32.2. The van der Waals surface area contributed by atoms with Crippen molar-refractivity contribution in [3.63, 3.8) is 0 Å². The number of amides is 3. The van der Waals surface area contributed by atoms with E-state index in [0.29, 0.717) is 58.0 Å². The van der Waals surface area contributed by atoms with E-state index in [0.717, 1.165) is 5.56 Å². The first-order chi connectivity index (χ1) is 23.9. The van der Waals surface area contributed by atoms with Crippen molar-refractivity contribution in [1.82, 2.24) is 19.4 Å². The summed E-state index contributed by atoms with van der Waals surface area (Å²) in [5.74, 6) is 0.280. The van der Waals surface area contributed by atoms with Gasteiger partial charge in [0.15, 0.2) is 6.29 Å². The molecule has 0 spiro atoms. The number of aliphatic hydroxyl groups excluding tert-OH is 1. The maximum Gasteiger partial charge on any atom is 0.407 e. The van der Waals surface area contributed by atoms with E-state index >= 15 is 0 Å². The standard InChI is InChI=1S/C35H50N4O10S/c1-35(2,14-15-36-33(41)37-16-19-47-20-17-37)24-38(50(44,45)27-11-9-26(46-3)10-12-27)22-31(40)29(21-25-7-5-4-6-8-25)39(34(42)43)30-23-49-32-28(30)13-18-48-32/h4-12,28-32,40H,13-24H2,1-3H3,(H,36,41)(H,42,43)/t28-,29-,30-,31+,32+/m0/s1. The number of hydrogen-bond acceptors (Lipinski definition) is 9. The minimum atomic E-state index is -4.20. The van der Waals surface area contributed by atoms with E-state index in [2.05, 4.69) is 5.32 Å². The van der Waals surface area contributed by atoms with Crippen molar-refractivity contribution in [3.05, 3.63) is 60.2 Å². The number of methoxy groups -OCH3 is 1. The Morgan fingerprint density at radius 3 is 2.42 bits per heavy atom. The predicted octanol–water partition coefficient (Wildman–Crippen LogP) is 2.86. The molecule has 3 amide bonds. The molecule has 3 N–H and O–H groups in total. The Bertz CT molecular complexity index is 1520. The van der Waals surface area contributed by atoms with E-state index in [9.17, 15) is 28.2 Å². The molecule has 50 heavy (non-hydrogen) atoms. The number of rotatable bonds is 15. The summed E-state index contributed by atoms with van der Waals surface area (Å²) in [4.78, 5) is 28.7. The van der Waals surface area contributed by atoms with Crippen molar-refractivity contribution in [2.75, 3.05) is 66.3 Å². The number of nitrogens with zero attached hydrogens (tertiary/aromatic N) is 3. The number of carbonyl (C=O) groups is 2. The fourth-order valence-corrected chi connectivity index (χ4v) is 8.60. The van der Waals surface area contributed by atoms with Gasteiger partial charge in [-0.3, -0.25) is 4.90 Å². The molecule has 0 saturated carbocycles. The van der Waals surface area contributed by atoms with Gasteiger partial charge in [0.05, 0.1) is 56.6 Å². The highest BCUT2D eigenvalue weighted by Gasteiger charge is 2.49. The summed E-state index contributed by atoms with van der Waals surface area (Å²) in [5, 5.41) is 25.6. The van der Waals surface area contributed by atoms with Crippen LogP contribution in [0.4, 0.5) is 9.59 Å². The van der Waals surface area contributed by atoms with Crippen molar-refractivity contribution >= 4 is 22.1 Å². The summed E-state index contributed by atoms with van der Waals surface area (Å²) < 4.78 is 52.0. The molecular weight excluding hydrogens is 668 g/mol. The van der Waals surface area contributed by atoms with Crippen LogP contribution in [-0.2, 0) is 30.7 Å².